The zero-order chi connectivity index (χ0) is 9.10. The van der Waals surface area contributed by atoms with E-state index < -0.39 is 0 Å². The summed E-state index contributed by atoms with van der Waals surface area (Å²) >= 11 is 5.19. The molecule has 1 aromatic heterocycles. The van der Waals surface area contributed by atoms with E-state index in [1.807, 2.05) is 18.3 Å². The van der Waals surface area contributed by atoms with Gasteiger partial charge in [0, 0.05) is 19.3 Å². The fourth-order valence-corrected chi connectivity index (χ4v) is 1.73. The third-order valence-electron chi connectivity index (χ3n) is 2.15. The normalized spacial score (nSPS) is 17.4. The fraction of sp³-hybridized carbons (Fsp3) is 0.444. The number of pyridine rings is 1. The van der Waals surface area contributed by atoms with Crippen molar-refractivity contribution in [2.45, 2.75) is 0 Å². The summed E-state index contributed by atoms with van der Waals surface area (Å²) in [6.07, 6.45) is 1.85. The molecule has 0 unspecified atom stereocenters. The molecule has 1 fully saturated rings. The largest absolute Gasteiger partial charge is 0.378 e. The third-order valence-corrected chi connectivity index (χ3v) is 2.48. The highest BCUT2D eigenvalue weighted by Gasteiger charge is 2.11. The van der Waals surface area contributed by atoms with Gasteiger partial charge in [-0.25, -0.2) is 0 Å². The zero-order valence-electron chi connectivity index (χ0n) is 7.32. The summed E-state index contributed by atoms with van der Waals surface area (Å²) in [6.45, 7) is 3.45. The Morgan fingerprint density at radius 2 is 2.15 bits per heavy atom. The van der Waals surface area contributed by atoms with Crippen LogP contribution in [0.2, 0.25) is 0 Å². The lowest BCUT2D eigenvalue weighted by molar-refractivity contribution is 0.122. The van der Waals surface area contributed by atoms with Crippen molar-refractivity contribution >= 4 is 17.9 Å². The molecule has 1 saturated heterocycles. The molecule has 0 radical (unpaired) electrons. The molecule has 1 N–H and O–H groups in total. The molecule has 0 amide bonds. The number of aromatic amines is 1. The van der Waals surface area contributed by atoms with E-state index in [0.717, 1.165) is 36.6 Å². The molecule has 1 aliphatic rings. The minimum atomic E-state index is 0.795. The predicted octanol–water partition coefficient (Wildman–Crippen LogP) is 1.58. The molecular formula is C9H12N2OS. The SMILES string of the molecule is S=c1[nH]cccc1N1CCOCC1. The van der Waals surface area contributed by atoms with E-state index in [-0.39, 0.29) is 0 Å². The molecule has 0 spiro atoms. The molecule has 2 rings (SSSR count). The number of hydrogen-bond donors (Lipinski definition) is 1. The minimum Gasteiger partial charge on any atom is -0.378 e. The van der Waals surface area contributed by atoms with Crippen LogP contribution in [-0.2, 0) is 4.74 Å². The van der Waals surface area contributed by atoms with Crippen LogP contribution in [0.25, 0.3) is 0 Å². The molecule has 3 nitrogen and oxygen atoms in total. The molecule has 4 heteroatoms. The molecular weight excluding hydrogens is 184 g/mol. The second kappa shape index (κ2) is 3.89. The van der Waals surface area contributed by atoms with Gasteiger partial charge in [-0.15, -0.1) is 0 Å². The van der Waals surface area contributed by atoms with E-state index in [4.69, 9.17) is 17.0 Å². The number of morpholine rings is 1. The van der Waals surface area contributed by atoms with Crippen molar-refractivity contribution in [3.63, 3.8) is 0 Å². The highest BCUT2D eigenvalue weighted by molar-refractivity contribution is 7.71. The number of ether oxygens (including phenoxy) is 1. The summed E-state index contributed by atoms with van der Waals surface area (Å²) in [5, 5.41) is 0. The number of rotatable bonds is 1. The van der Waals surface area contributed by atoms with Crippen LogP contribution in [0, 0.1) is 4.64 Å². The van der Waals surface area contributed by atoms with E-state index in [1.54, 1.807) is 0 Å². The number of hydrogen-bond acceptors (Lipinski definition) is 3. The van der Waals surface area contributed by atoms with Gasteiger partial charge in [-0.05, 0) is 12.1 Å². The highest BCUT2D eigenvalue weighted by atomic mass is 32.1. The Kier molecular flexibility index (Phi) is 2.61. The van der Waals surface area contributed by atoms with Crippen molar-refractivity contribution in [3.05, 3.63) is 23.0 Å². The highest BCUT2D eigenvalue weighted by Crippen LogP contribution is 2.15. The quantitative estimate of drug-likeness (QED) is 0.691. The molecule has 1 aromatic rings. The molecule has 0 bridgehead atoms. The number of H-pyrrole nitrogens is 1. The van der Waals surface area contributed by atoms with E-state index >= 15 is 0 Å². The number of anilines is 1. The summed E-state index contributed by atoms with van der Waals surface area (Å²) in [4.78, 5) is 5.28. The molecule has 0 aliphatic carbocycles. The predicted molar refractivity (Wildman–Crippen MR) is 54.7 cm³/mol. The van der Waals surface area contributed by atoms with Crippen molar-refractivity contribution < 1.29 is 4.74 Å². The van der Waals surface area contributed by atoms with Crippen LogP contribution in [-0.4, -0.2) is 31.3 Å². The summed E-state index contributed by atoms with van der Waals surface area (Å²) in [5.41, 5.74) is 1.11. The molecule has 0 saturated carbocycles. The van der Waals surface area contributed by atoms with Gasteiger partial charge in [0.25, 0.3) is 0 Å². The molecule has 2 heterocycles. The van der Waals surface area contributed by atoms with Gasteiger partial charge in [0.1, 0.15) is 4.64 Å². The van der Waals surface area contributed by atoms with E-state index in [2.05, 4.69) is 9.88 Å². The summed E-state index contributed by atoms with van der Waals surface area (Å²) in [7, 11) is 0. The molecule has 13 heavy (non-hydrogen) atoms. The Hall–Kier alpha value is -0.870. The van der Waals surface area contributed by atoms with Crippen LogP contribution < -0.4 is 4.90 Å². The van der Waals surface area contributed by atoms with Crippen LogP contribution in [0.4, 0.5) is 5.69 Å². The van der Waals surface area contributed by atoms with Crippen LogP contribution in [0.1, 0.15) is 0 Å². The summed E-state index contributed by atoms with van der Waals surface area (Å²) < 4.78 is 6.08. The van der Waals surface area contributed by atoms with Gasteiger partial charge >= 0.3 is 0 Å². The minimum absolute atomic E-state index is 0.795. The first-order chi connectivity index (χ1) is 6.38. The van der Waals surface area contributed by atoms with E-state index in [0.29, 0.717) is 0 Å². The Labute approximate surface area is 82.3 Å². The van der Waals surface area contributed by atoms with Crippen LogP contribution in [0.5, 0.6) is 0 Å². The molecule has 1 aliphatic heterocycles. The van der Waals surface area contributed by atoms with Gasteiger partial charge in [0.15, 0.2) is 0 Å². The fourth-order valence-electron chi connectivity index (χ4n) is 1.47. The summed E-state index contributed by atoms with van der Waals surface area (Å²) in [5.74, 6) is 0. The van der Waals surface area contributed by atoms with Crippen LogP contribution in [0.3, 0.4) is 0 Å². The van der Waals surface area contributed by atoms with Gasteiger partial charge in [-0.3, -0.25) is 0 Å². The Morgan fingerprint density at radius 3 is 2.85 bits per heavy atom. The zero-order valence-corrected chi connectivity index (χ0v) is 8.14. The first kappa shape index (κ1) is 8.72. The second-order valence-corrected chi connectivity index (χ2v) is 3.39. The number of nitrogens with zero attached hydrogens (tertiary/aromatic N) is 1. The lowest BCUT2D eigenvalue weighted by Crippen LogP contribution is -2.36. The monoisotopic (exact) mass is 196 g/mol. The Balaban J connectivity index is 2.24. The number of aromatic nitrogens is 1. The summed E-state index contributed by atoms with van der Waals surface area (Å²) in [6, 6.07) is 4.02. The van der Waals surface area contributed by atoms with Crippen molar-refractivity contribution in [1.82, 2.24) is 4.98 Å². The smallest absolute Gasteiger partial charge is 0.126 e. The van der Waals surface area contributed by atoms with Crippen molar-refractivity contribution in [1.29, 1.82) is 0 Å². The first-order valence-electron chi connectivity index (χ1n) is 4.38. The lowest BCUT2D eigenvalue weighted by atomic mass is 10.3. The van der Waals surface area contributed by atoms with Crippen molar-refractivity contribution in [2.24, 2.45) is 0 Å². The van der Waals surface area contributed by atoms with Crippen molar-refractivity contribution in [2.75, 3.05) is 31.2 Å². The maximum atomic E-state index is 5.28. The van der Waals surface area contributed by atoms with Crippen LogP contribution in [0.15, 0.2) is 18.3 Å². The molecule has 70 valence electrons. The molecule has 0 aromatic carbocycles. The maximum Gasteiger partial charge on any atom is 0.126 e. The van der Waals surface area contributed by atoms with Gasteiger partial charge < -0.3 is 14.6 Å². The van der Waals surface area contributed by atoms with Gasteiger partial charge in [-0.2, -0.15) is 0 Å². The average Bonchev–Trinajstić information content (AvgIpc) is 2.20. The van der Waals surface area contributed by atoms with Crippen molar-refractivity contribution in [3.8, 4) is 0 Å². The van der Waals surface area contributed by atoms with Gasteiger partial charge in [0.05, 0.1) is 18.9 Å². The van der Waals surface area contributed by atoms with Gasteiger partial charge in [-0.1, -0.05) is 12.2 Å². The standard InChI is InChI=1S/C9H12N2OS/c13-9-8(2-1-3-10-9)11-4-6-12-7-5-11/h1-3H,4-7H2,(H,10,13). The second-order valence-electron chi connectivity index (χ2n) is 2.98. The third kappa shape index (κ3) is 1.89. The van der Waals surface area contributed by atoms with Crippen LogP contribution >= 0.6 is 12.2 Å². The maximum absolute atomic E-state index is 5.28. The topological polar surface area (TPSA) is 28.3 Å². The lowest BCUT2D eigenvalue weighted by Gasteiger charge is -2.28. The first-order valence-corrected chi connectivity index (χ1v) is 4.79. The van der Waals surface area contributed by atoms with E-state index in [9.17, 15) is 0 Å². The Bertz CT molecular complexity index is 330. The Morgan fingerprint density at radius 1 is 1.38 bits per heavy atom. The van der Waals surface area contributed by atoms with Gasteiger partial charge in [0.2, 0.25) is 0 Å². The molecule has 0 atom stereocenters. The number of nitrogens with one attached hydrogen (secondary N) is 1. The van der Waals surface area contributed by atoms with E-state index in [1.165, 1.54) is 0 Å². The average molecular weight is 196 g/mol.